The zero-order chi connectivity index (χ0) is 11.3. The smallest absolute Gasteiger partial charge is 0.257 e. The topological polar surface area (TPSA) is 84.1 Å². The summed E-state index contributed by atoms with van der Waals surface area (Å²) in [5.41, 5.74) is 0. The molecule has 0 aliphatic rings. The molecule has 1 heterocycles. The first-order valence-electron chi connectivity index (χ1n) is 4.62. The van der Waals surface area contributed by atoms with E-state index in [1.54, 1.807) is 0 Å². The molecule has 0 saturated heterocycles. The Balaban J connectivity index is 2.68. The zero-order valence-electron chi connectivity index (χ0n) is 8.78. The molecular formula is C8H15N3O3S. The molecule has 7 heteroatoms. The summed E-state index contributed by atoms with van der Waals surface area (Å²) in [5.74, 6) is 0.655. The van der Waals surface area contributed by atoms with Crippen molar-refractivity contribution in [2.75, 3.05) is 20.3 Å². The fraction of sp³-hybridized carbons (Fsp3) is 0.625. The molecule has 2 N–H and O–H groups in total. The number of H-pyrrole nitrogens is 1. The maximum Gasteiger partial charge on any atom is 0.257 e. The Morgan fingerprint density at radius 1 is 1.60 bits per heavy atom. The van der Waals surface area contributed by atoms with Crippen molar-refractivity contribution in [3.63, 3.8) is 0 Å². The monoisotopic (exact) mass is 233 g/mol. The van der Waals surface area contributed by atoms with Gasteiger partial charge in [-0.05, 0) is 0 Å². The summed E-state index contributed by atoms with van der Waals surface area (Å²) >= 11 is 0. The van der Waals surface area contributed by atoms with Gasteiger partial charge >= 0.3 is 0 Å². The number of aromatic amines is 1. The summed E-state index contributed by atoms with van der Waals surface area (Å²) in [6.45, 7) is 2.49. The molecule has 0 fully saturated rings. The molecule has 6 nitrogen and oxygen atoms in total. The van der Waals surface area contributed by atoms with Crippen molar-refractivity contribution in [2.24, 2.45) is 0 Å². The Hall–Kier alpha value is -0.920. The number of methoxy groups -OCH3 is 1. The van der Waals surface area contributed by atoms with Gasteiger partial charge in [-0.15, -0.1) is 0 Å². The van der Waals surface area contributed by atoms with Gasteiger partial charge in [-0.25, -0.2) is 18.1 Å². The Morgan fingerprint density at radius 3 is 2.87 bits per heavy atom. The molecule has 0 aliphatic carbocycles. The second kappa shape index (κ2) is 5.24. The molecular weight excluding hydrogens is 218 g/mol. The number of sulfonamides is 1. The van der Waals surface area contributed by atoms with E-state index in [-0.39, 0.29) is 11.6 Å². The number of nitrogens with one attached hydrogen (secondary N) is 2. The Morgan fingerprint density at radius 2 is 2.33 bits per heavy atom. The van der Waals surface area contributed by atoms with Crippen LogP contribution in [-0.2, 0) is 21.2 Å². The largest absolute Gasteiger partial charge is 0.383 e. The summed E-state index contributed by atoms with van der Waals surface area (Å²) in [5, 5.41) is 0.0930. The molecule has 1 aromatic rings. The lowest BCUT2D eigenvalue weighted by molar-refractivity contribution is 0.204. The standard InChI is InChI=1S/C8H15N3O3S/c1-3-7-9-6-8(11-7)15(12,13)10-4-5-14-2/h6,10H,3-5H2,1-2H3,(H,9,11). The molecule has 0 bridgehead atoms. The molecule has 1 aromatic heterocycles. The molecule has 0 aliphatic heterocycles. The summed E-state index contributed by atoms with van der Waals surface area (Å²) in [6.07, 6.45) is 1.99. The second-order valence-corrected chi connectivity index (χ2v) is 4.67. The lowest BCUT2D eigenvalue weighted by Gasteiger charge is -2.02. The zero-order valence-corrected chi connectivity index (χ0v) is 9.60. The van der Waals surface area contributed by atoms with Crippen LogP contribution in [0.25, 0.3) is 0 Å². The van der Waals surface area contributed by atoms with Crippen LogP contribution in [0, 0.1) is 0 Å². The quantitative estimate of drug-likeness (QED) is 0.672. The van der Waals surface area contributed by atoms with E-state index in [9.17, 15) is 8.42 Å². The summed E-state index contributed by atoms with van der Waals surface area (Å²) in [7, 11) is -1.96. The molecule has 86 valence electrons. The highest BCUT2D eigenvalue weighted by Gasteiger charge is 2.15. The molecule has 1 rings (SSSR count). The van der Waals surface area contributed by atoms with Gasteiger partial charge in [-0.1, -0.05) is 6.92 Å². The number of hydrogen-bond donors (Lipinski definition) is 2. The molecule has 0 amide bonds. The highest BCUT2D eigenvalue weighted by Crippen LogP contribution is 2.05. The molecule has 0 unspecified atom stereocenters. The number of nitrogens with zero attached hydrogens (tertiary/aromatic N) is 1. The minimum absolute atomic E-state index is 0.0930. The van der Waals surface area contributed by atoms with Gasteiger partial charge in [0.15, 0.2) is 5.03 Å². The van der Waals surface area contributed by atoms with Gasteiger partial charge in [-0.3, -0.25) is 0 Å². The number of rotatable bonds is 6. The molecule has 0 aromatic carbocycles. The van der Waals surface area contributed by atoms with E-state index in [1.165, 1.54) is 13.3 Å². The normalized spacial score (nSPS) is 11.9. The number of hydrogen-bond acceptors (Lipinski definition) is 4. The van der Waals surface area contributed by atoms with E-state index >= 15 is 0 Å². The minimum Gasteiger partial charge on any atom is -0.383 e. The first-order chi connectivity index (χ1) is 7.10. The summed E-state index contributed by atoms with van der Waals surface area (Å²) in [6, 6.07) is 0. The van der Waals surface area contributed by atoms with Crippen molar-refractivity contribution < 1.29 is 13.2 Å². The predicted octanol–water partition coefficient (Wildman–Crippen LogP) is -0.103. The Bertz CT molecular complexity index is 399. The highest BCUT2D eigenvalue weighted by molar-refractivity contribution is 7.89. The van der Waals surface area contributed by atoms with Crippen LogP contribution in [0.5, 0.6) is 0 Å². The second-order valence-electron chi connectivity index (χ2n) is 2.94. The van der Waals surface area contributed by atoms with Crippen molar-refractivity contribution >= 4 is 10.0 Å². The lowest BCUT2D eigenvalue weighted by Crippen LogP contribution is -2.27. The molecule has 0 radical (unpaired) electrons. The third kappa shape index (κ3) is 3.29. The lowest BCUT2D eigenvalue weighted by atomic mass is 10.5. The van der Waals surface area contributed by atoms with Gasteiger partial charge < -0.3 is 9.72 Å². The number of aryl methyl sites for hydroxylation is 1. The van der Waals surface area contributed by atoms with Crippen LogP contribution in [0.3, 0.4) is 0 Å². The number of imidazole rings is 1. The fourth-order valence-electron chi connectivity index (χ4n) is 1.02. The first kappa shape index (κ1) is 12.2. The van der Waals surface area contributed by atoms with Crippen molar-refractivity contribution in [3.8, 4) is 0 Å². The van der Waals surface area contributed by atoms with Gasteiger partial charge in [0.2, 0.25) is 0 Å². The van der Waals surface area contributed by atoms with E-state index in [2.05, 4.69) is 14.7 Å². The Labute approximate surface area is 89.1 Å². The van der Waals surface area contributed by atoms with Crippen molar-refractivity contribution in [1.29, 1.82) is 0 Å². The van der Waals surface area contributed by atoms with E-state index in [1.807, 2.05) is 6.92 Å². The van der Waals surface area contributed by atoms with E-state index < -0.39 is 10.0 Å². The maximum atomic E-state index is 11.6. The van der Waals surface area contributed by atoms with E-state index in [0.29, 0.717) is 18.9 Å². The van der Waals surface area contributed by atoms with Crippen LogP contribution >= 0.6 is 0 Å². The molecule has 0 atom stereocenters. The SMILES string of the molecule is CCc1ncc(S(=O)(=O)NCCOC)[nH]1. The van der Waals surface area contributed by atoms with E-state index in [4.69, 9.17) is 4.74 Å². The first-order valence-corrected chi connectivity index (χ1v) is 6.11. The predicted molar refractivity (Wildman–Crippen MR) is 55.0 cm³/mol. The van der Waals surface area contributed by atoms with E-state index in [0.717, 1.165) is 0 Å². The van der Waals surface area contributed by atoms with Crippen LogP contribution in [0.15, 0.2) is 11.2 Å². The van der Waals surface area contributed by atoms with Crippen LogP contribution in [-0.4, -0.2) is 38.6 Å². The third-order valence-electron chi connectivity index (χ3n) is 1.83. The average molecular weight is 233 g/mol. The van der Waals surface area contributed by atoms with Crippen LogP contribution < -0.4 is 4.72 Å². The van der Waals surface area contributed by atoms with Gasteiger partial charge in [0.25, 0.3) is 10.0 Å². The Kier molecular flexibility index (Phi) is 4.25. The van der Waals surface area contributed by atoms with Gasteiger partial charge in [0.1, 0.15) is 5.82 Å². The summed E-state index contributed by atoms with van der Waals surface area (Å²) in [4.78, 5) is 6.65. The maximum absolute atomic E-state index is 11.6. The van der Waals surface area contributed by atoms with Crippen molar-refractivity contribution in [3.05, 3.63) is 12.0 Å². The molecule has 0 spiro atoms. The fourth-order valence-corrected chi connectivity index (χ4v) is 1.97. The minimum atomic E-state index is -3.47. The average Bonchev–Trinajstić information content (AvgIpc) is 2.66. The van der Waals surface area contributed by atoms with Gasteiger partial charge in [-0.2, -0.15) is 0 Å². The van der Waals surface area contributed by atoms with Crippen molar-refractivity contribution in [2.45, 2.75) is 18.4 Å². The molecule has 15 heavy (non-hydrogen) atoms. The number of ether oxygens (including phenoxy) is 1. The van der Waals surface area contributed by atoms with Gasteiger partial charge in [0, 0.05) is 20.1 Å². The van der Waals surface area contributed by atoms with Crippen LogP contribution in [0.2, 0.25) is 0 Å². The third-order valence-corrected chi connectivity index (χ3v) is 3.20. The van der Waals surface area contributed by atoms with Crippen LogP contribution in [0.1, 0.15) is 12.7 Å². The molecule has 0 saturated carbocycles. The van der Waals surface area contributed by atoms with Crippen LogP contribution in [0.4, 0.5) is 0 Å². The van der Waals surface area contributed by atoms with Gasteiger partial charge in [0.05, 0.1) is 12.8 Å². The number of aromatic nitrogens is 2. The van der Waals surface area contributed by atoms with Crippen molar-refractivity contribution in [1.82, 2.24) is 14.7 Å². The highest BCUT2D eigenvalue weighted by atomic mass is 32.2. The summed E-state index contributed by atoms with van der Waals surface area (Å²) < 4.78 is 30.3.